The molecule has 0 fully saturated rings. The molecule has 0 aromatic rings. The Morgan fingerprint density at radius 1 is 0.361 bits per heavy atom. The quantitative estimate of drug-likeness (QED) is 0.0200. The number of unbranched alkanes of at least 4 members (excludes halogenated alkanes) is 26. The molecule has 352 valence electrons. The molecule has 61 heavy (non-hydrogen) atoms. The lowest BCUT2D eigenvalue weighted by Crippen LogP contribution is -2.30. The highest BCUT2D eigenvalue weighted by atomic mass is 16.6. The van der Waals surface area contributed by atoms with E-state index >= 15 is 0 Å². The summed E-state index contributed by atoms with van der Waals surface area (Å²) in [7, 11) is 0. The van der Waals surface area contributed by atoms with Gasteiger partial charge in [-0.2, -0.15) is 0 Å². The van der Waals surface area contributed by atoms with Crippen LogP contribution in [0.2, 0.25) is 0 Å². The molecule has 0 heterocycles. The molecule has 0 spiro atoms. The van der Waals surface area contributed by atoms with Crippen LogP contribution in [0.1, 0.15) is 252 Å². The van der Waals surface area contributed by atoms with Gasteiger partial charge in [0, 0.05) is 19.3 Å². The van der Waals surface area contributed by atoms with Crippen LogP contribution in [0.4, 0.5) is 0 Å². The van der Waals surface area contributed by atoms with Crippen LogP contribution < -0.4 is 0 Å². The molecule has 0 amide bonds. The van der Waals surface area contributed by atoms with Gasteiger partial charge in [-0.1, -0.05) is 197 Å². The molecule has 6 nitrogen and oxygen atoms in total. The fourth-order valence-corrected chi connectivity index (χ4v) is 7.11. The molecule has 0 bridgehead atoms. The van der Waals surface area contributed by atoms with Crippen LogP contribution in [0.5, 0.6) is 0 Å². The second kappa shape index (κ2) is 49.8. The number of carbonyl (C=O) groups excluding carboxylic acids is 3. The zero-order valence-corrected chi connectivity index (χ0v) is 40.2. The number of ether oxygens (including phenoxy) is 3. The normalized spacial score (nSPS) is 12.5. The molecule has 0 aliphatic heterocycles. The Kier molecular flexibility index (Phi) is 47.4. The van der Waals surface area contributed by atoms with Gasteiger partial charge in [0.15, 0.2) is 6.10 Å². The fraction of sp³-hybridized carbons (Fsp3) is 0.764. The first kappa shape index (κ1) is 58.1. The highest BCUT2D eigenvalue weighted by molar-refractivity contribution is 5.71. The average molecular weight is 853 g/mol. The van der Waals surface area contributed by atoms with E-state index in [0.717, 1.165) is 103 Å². The summed E-state index contributed by atoms with van der Waals surface area (Å²) in [6, 6.07) is 0. The van der Waals surface area contributed by atoms with Gasteiger partial charge >= 0.3 is 17.9 Å². The third-order valence-corrected chi connectivity index (χ3v) is 11.0. The topological polar surface area (TPSA) is 78.9 Å². The van der Waals surface area contributed by atoms with E-state index in [1.54, 1.807) is 0 Å². The Morgan fingerprint density at radius 3 is 1.13 bits per heavy atom. The molecule has 1 atom stereocenters. The SMILES string of the molecule is CC/C=C\C/C=C\CCCCCCCC(=O)OCC(COC(=O)CCCCC/C=C\C=C/CCCCCCCCC)OC(=O)CCCCCCCCC/C=C\CCCCCC. The molecular formula is C55H96O6. The van der Waals surface area contributed by atoms with Crippen molar-refractivity contribution in [1.82, 2.24) is 0 Å². The molecule has 0 aliphatic rings. The minimum Gasteiger partial charge on any atom is -0.462 e. The Bertz CT molecular complexity index is 1120. The number of esters is 3. The molecular weight excluding hydrogens is 757 g/mol. The minimum atomic E-state index is -0.791. The van der Waals surface area contributed by atoms with Gasteiger partial charge in [-0.15, -0.1) is 0 Å². The highest BCUT2D eigenvalue weighted by Crippen LogP contribution is 2.14. The Balaban J connectivity index is 4.43. The second-order valence-electron chi connectivity index (χ2n) is 17.1. The van der Waals surface area contributed by atoms with E-state index in [9.17, 15) is 14.4 Å². The number of allylic oxidation sites excluding steroid dienone is 10. The Morgan fingerprint density at radius 2 is 0.689 bits per heavy atom. The van der Waals surface area contributed by atoms with Gasteiger partial charge in [-0.05, 0) is 96.3 Å². The first-order valence-corrected chi connectivity index (χ1v) is 25.8. The van der Waals surface area contributed by atoms with E-state index in [1.165, 1.54) is 109 Å². The third-order valence-electron chi connectivity index (χ3n) is 11.0. The molecule has 0 saturated carbocycles. The van der Waals surface area contributed by atoms with Crippen molar-refractivity contribution in [3.63, 3.8) is 0 Å². The molecule has 0 aliphatic carbocycles. The molecule has 6 heteroatoms. The van der Waals surface area contributed by atoms with Crippen LogP contribution in [-0.4, -0.2) is 37.2 Å². The predicted molar refractivity (Wildman–Crippen MR) is 261 cm³/mol. The van der Waals surface area contributed by atoms with Crippen LogP contribution >= 0.6 is 0 Å². The van der Waals surface area contributed by atoms with Gasteiger partial charge in [0.2, 0.25) is 0 Å². The summed E-state index contributed by atoms with van der Waals surface area (Å²) in [6.45, 7) is 6.48. The van der Waals surface area contributed by atoms with Gasteiger partial charge in [-0.3, -0.25) is 14.4 Å². The minimum absolute atomic E-state index is 0.0918. The van der Waals surface area contributed by atoms with E-state index in [2.05, 4.69) is 81.5 Å². The van der Waals surface area contributed by atoms with Gasteiger partial charge in [-0.25, -0.2) is 0 Å². The van der Waals surface area contributed by atoms with E-state index in [4.69, 9.17) is 14.2 Å². The maximum atomic E-state index is 12.8. The highest BCUT2D eigenvalue weighted by Gasteiger charge is 2.19. The number of rotatable bonds is 46. The van der Waals surface area contributed by atoms with Crippen molar-refractivity contribution in [2.75, 3.05) is 13.2 Å². The van der Waals surface area contributed by atoms with Crippen molar-refractivity contribution in [3.05, 3.63) is 60.8 Å². The standard InChI is InChI=1S/C55H96O6/c1-4-7-10-13-16-19-22-25-27-29-30-33-36-39-42-45-48-54(57)60-51-52(50-59-53(56)47-44-41-38-35-32-24-21-18-15-12-9-6-3)61-55(58)49-46-43-40-37-34-31-28-26-23-20-17-14-11-8-5-2/h9,12,18,20-21,23,27,29-30,33,52H,4-8,10-11,13-17,19,22,24-26,28,31-32,34-51H2,1-3H3/b12-9-,21-18-,23-20-,29-27-,33-30-. The van der Waals surface area contributed by atoms with Gasteiger partial charge < -0.3 is 14.2 Å². The molecule has 0 saturated heterocycles. The van der Waals surface area contributed by atoms with Crippen LogP contribution in [0, 0.1) is 0 Å². The van der Waals surface area contributed by atoms with Crippen molar-refractivity contribution in [2.45, 2.75) is 258 Å². The van der Waals surface area contributed by atoms with Crippen molar-refractivity contribution < 1.29 is 28.6 Å². The summed E-state index contributed by atoms with van der Waals surface area (Å²) in [5, 5.41) is 0. The molecule has 1 unspecified atom stereocenters. The number of hydrogen-bond acceptors (Lipinski definition) is 6. The van der Waals surface area contributed by atoms with Crippen molar-refractivity contribution in [1.29, 1.82) is 0 Å². The van der Waals surface area contributed by atoms with Crippen LogP contribution in [-0.2, 0) is 28.6 Å². The first-order valence-electron chi connectivity index (χ1n) is 25.8. The Labute approximate surface area is 377 Å². The smallest absolute Gasteiger partial charge is 0.306 e. The van der Waals surface area contributed by atoms with Crippen LogP contribution in [0.3, 0.4) is 0 Å². The van der Waals surface area contributed by atoms with Crippen LogP contribution in [0.25, 0.3) is 0 Å². The van der Waals surface area contributed by atoms with Crippen molar-refractivity contribution in [3.8, 4) is 0 Å². The number of hydrogen-bond donors (Lipinski definition) is 0. The summed E-state index contributed by atoms with van der Waals surface area (Å²) < 4.78 is 16.8. The molecule has 0 aromatic carbocycles. The average Bonchev–Trinajstić information content (AvgIpc) is 3.26. The molecule has 0 radical (unpaired) electrons. The summed E-state index contributed by atoms with van der Waals surface area (Å²) in [5.41, 5.74) is 0. The maximum Gasteiger partial charge on any atom is 0.306 e. The predicted octanol–water partition coefficient (Wildman–Crippen LogP) is 16.9. The second-order valence-corrected chi connectivity index (χ2v) is 17.1. The largest absolute Gasteiger partial charge is 0.462 e. The number of carbonyl (C=O) groups is 3. The summed E-state index contributed by atoms with van der Waals surface area (Å²) in [4.78, 5) is 37.9. The summed E-state index contributed by atoms with van der Waals surface area (Å²) in [5.74, 6) is -0.934. The Hall–Kier alpha value is -2.89. The molecule has 0 rings (SSSR count). The zero-order valence-electron chi connectivity index (χ0n) is 40.2. The fourth-order valence-electron chi connectivity index (χ4n) is 7.11. The van der Waals surface area contributed by atoms with Gasteiger partial charge in [0.1, 0.15) is 13.2 Å². The van der Waals surface area contributed by atoms with Crippen LogP contribution in [0.15, 0.2) is 60.8 Å². The van der Waals surface area contributed by atoms with Crippen molar-refractivity contribution in [2.24, 2.45) is 0 Å². The lowest BCUT2D eigenvalue weighted by atomic mass is 10.1. The summed E-state index contributed by atoms with van der Waals surface area (Å²) >= 11 is 0. The van der Waals surface area contributed by atoms with E-state index < -0.39 is 6.10 Å². The molecule has 0 N–H and O–H groups in total. The maximum absolute atomic E-state index is 12.8. The third kappa shape index (κ3) is 48.0. The zero-order chi connectivity index (χ0) is 44.4. The van der Waals surface area contributed by atoms with Gasteiger partial charge in [0.25, 0.3) is 0 Å². The van der Waals surface area contributed by atoms with E-state index in [0.29, 0.717) is 19.3 Å². The van der Waals surface area contributed by atoms with Gasteiger partial charge in [0.05, 0.1) is 0 Å². The monoisotopic (exact) mass is 853 g/mol. The van der Waals surface area contributed by atoms with E-state index in [-0.39, 0.29) is 31.1 Å². The summed E-state index contributed by atoms with van der Waals surface area (Å²) in [6.07, 6.45) is 60.6. The lowest BCUT2D eigenvalue weighted by Gasteiger charge is -2.18. The molecule has 0 aromatic heterocycles. The lowest BCUT2D eigenvalue weighted by molar-refractivity contribution is -0.167. The van der Waals surface area contributed by atoms with Crippen molar-refractivity contribution >= 4 is 17.9 Å². The van der Waals surface area contributed by atoms with E-state index in [1.807, 2.05) is 0 Å². The first-order chi connectivity index (χ1) is 30.0.